The van der Waals surface area contributed by atoms with Crippen LogP contribution in [0.1, 0.15) is 12.8 Å². The molecule has 0 spiro atoms. The molecule has 1 fully saturated rings. The van der Waals surface area contributed by atoms with Crippen LogP contribution >= 0.6 is 45.5 Å². The van der Waals surface area contributed by atoms with Crippen LogP contribution in [-0.2, 0) is 33.0 Å². The van der Waals surface area contributed by atoms with Gasteiger partial charge in [0.25, 0.3) is 32.7 Å². The maximum absolute atomic E-state index is 11.2. The minimum absolute atomic E-state index is 0.00116. The Hall–Kier alpha value is -7.75. The fourth-order valence-corrected chi connectivity index (χ4v) is 7.80. The fourth-order valence-electron chi connectivity index (χ4n) is 6.15. The van der Waals surface area contributed by atoms with Crippen LogP contribution in [0.15, 0.2) is 77.7 Å². The lowest BCUT2D eigenvalue weighted by Crippen LogP contribution is -2.26. The third-order valence-electron chi connectivity index (χ3n) is 9.20. The number of para-hydroxylation sites is 2. The predicted octanol–water partition coefficient (Wildman–Crippen LogP) is 6.71. The first-order valence-corrected chi connectivity index (χ1v) is 23.7. The monoisotopic (exact) mass is 1100 g/mol. The number of nitrogens with two attached hydrogens (primary N) is 3. The lowest BCUT2D eigenvalue weighted by atomic mass is 10.2. The van der Waals surface area contributed by atoms with Gasteiger partial charge in [0.15, 0.2) is 43.7 Å². The van der Waals surface area contributed by atoms with E-state index in [9.17, 15) is 47.8 Å². The smallest absolute Gasteiger partial charge is 0.314 e. The molecule has 72 heavy (non-hydrogen) atoms. The summed E-state index contributed by atoms with van der Waals surface area (Å²) in [5, 5.41) is 41.0. The zero-order valence-corrected chi connectivity index (χ0v) is 40.5. The molecule has 0 aliphatic carbocycles. The van der Waals surface area contributed by atoms with Crippen LogP contribution in [0.4, 0.5) is 51.2 Å². The number of aromatic hydroxyl groups is 1. The van der Waals surface area contributed by atoms with Gasteiger partial charge in [-0.25, -0.2) is 8.42 Å². The Kier molecular flexibility index (Phi) is 19.1. The Morgan fingerprint density at radius 3 is 1.44 bits per heavy atom. The SMILES string of the molecule is C1CCOC1.Nc1cc(Cl)cc([N+](=O)[O-])c1O.Nc1cc(Cl)cc2c1OCC(=O)N2.Nc1cccc2c1OCC(=O)N2.O=C1COc2c(cc(Cl)cc2[N+](=O)[O-])N1.O=C1COc2c(cccc2S(=O)(=O)Cl)N1. The molecule has 0 atom stereocenters. The summed E-state index contributed by atoms with van der Waals surface area (Å²) in [5.41, 5.74) is 18.3. The Morgan fingerprint density at radius 2 is 0.944 bits per heavy atom. The summed E-state index contributed by atoms with van der Waals surface area (Å²) in [7, 11) is 1.35. The van der Waals surface area contributed by atoms with Crippen molar-refractivity contribution in [1.82, 2.24) is 0 Å². The number of fused-ring (bicyclic) bond motifs is 4. The topological polar surface area (TPSA) is 381 Å². The second-order valence-electron chi connectivity index (χ2n) is 14.5. The number of nitrogen functional groups attached to an aromatic ring is 3. The lowest BCUT2D eigenvalue weighted by Gasteiger charge is -2.19. The number of halogens is 4. The molecule has 30 heteroatoms. The fraction of sp³-hybridized carbons (Fsp3) is 0.190. The maximum Gasteiger partial charge on any atom is 0.314 e. The van der Waals surface area contributed by atoms with E-state index in [1.165, 1.54) is 49.2 Å². The van der Waals surface area contributed by atoms with E-state index in [0.29, 0.717) is 45.0 Å². The van der Waals surface area contributed by atoms with Crippen LogP contribution in [0.5, 0.6) is 28.7 Å². The molecule has 5 aliphatic heterocycles. The molecule has 10 rings (SSSR count). The van der Waals surface area contributed by atoms with Crippen LogP contribution < -0.4 is 57.4 Å². The van der Waals surface area contributed by atoms with Crippen molar-refractivity contribution in [1.29, 1.82) is 0 Å². The minimum atomic E-state index is -3.87. The molecule has 11 N–H and O–H groups in total. The number of nitro groups is 2. The highest BCUT2D eigenvalue weighted by Crippen LogP contribution is 2.41. The first-order chi connectivity index (χ1) is 34.0. The molecule has 5 aliphatic rings. The van der Waals surface area contributed by atoms with Crippen molar-refractivity contribution in [3.8, 4) is 28.7 Å². The van der Waals surface area contributed by atoms with E-state index in [4.69, 9.17) is 91.5 Å². The van der Waals surface area contributed by atoms with E-state index >= 15 is 0 Å². The minimum Gasteiger partial charge on any atom is -0.501 e. The van der Waals surface area contributed by atoms with Crippen LogP contribution in [0.2, 0.25) is 15.1 Å². The number of amides is 4. The van der Waals surface area contributed by atoms with Crippen molar-refractivity contribution in [3.63, 3.8) is 0 Å². The quantitative estimate of drug-likeness (QED) is 0.0306. The number of benzene rings is 5. The van der Waals surface area contributed by atoms with Gasteiger partial charge < -0.3 is 67.3 Å². The number of hydrogen-bond acceptors (Lipinski definition) is 19. The maximum atomic E-state index is 11.2. The van der Waals surface area contributed by atoms with Gasteiger partial charge in [-0.2, -0.15) is 0 Å². The molecule has 25 nitrogen and oxygen atoms in total. The molecular weight excluding hydrogens is 1060 g/mol. The molecule has 5 aromatic rings. The zero-order valence-electron chi connectivity index (χ0n) is 36.7. The second-order valence-corrected chi connectivity index (χ2v) is 18.4. The van der Waals surface area contributed by atoms with Gasteiger partial charge in [-0.05, 0) is 61.4 Å². The Balaban J connectivity index is 0.000000163. The van der Waals surface area contributed by atoms with Gasteiger partial charge in [-0.3, -0.25) is 39.4 Å². The zero-order chi connectivity index (χ0) is 52.9. The largest absolute Gasteiger partial charge is 0.501 e. The highest BCUT2D eigenvalue weighted by atomic mass is 35.7. The van der Waals surface area contributed by atoms with Crippen LogP contribution in [0, 0.1) is 20.2 Å². The summed E-state index contributed by atoms with van der Waals surface area (Å²) in [6.45, 7) is 1.60. The Labute approximate surface area is 426 Å². The Morgan fingerprint density at radius 1 is 0.542 bits per heavy atom. The number of nitro benzene ring substituents is 2. The average Bonchev–Trinajstić information content (AvgIpc) is 3.91. The van der Waals surface area contributed by atoms with Gasteiger partial charge in [0.05, 0.1) is 49.7 Å². The summed E-state index contributed by atoms with van der Waals surface area (Å²) in [6.07, 6.45) is 2.56. The van der Waals surface area contributed by atoms with Gasteiger partial charge in [-0.1, -0.05) is 46.9 Å². The van der Waals surface area contributed by atoms with Gasteiger partial charge in [0, 0.05) is 51.1 Å². The summed E-state index contributed by atoms with van der Waals surface area (Å²) in [5.74, 6) is -0.394. The normalized spacial score (nSPS) is 14.3. The summed E-state index contributed by atoms with van der Waals surface area (Å²) < 4.78 is 47.5. The van der Waals surface area contributed by atoms with E-state index in [1.54, 1.807) is 30.3 Å². The molecule has 5 heterocycles. The number of rotatable bonds is 3. The van der Waals surface area contributed by atoms with Crippen molar-refractivity contribution < 1.29 is 66.2 Å². The number of hydrogen-bond donors (Lipinski definition) is 8. The lowest BCUT2D eigenvalue weighted by molar-refractivity contribution is -0.385. The van der Waals surface area contributed by atoms with Gasteiger partial charge >= 0.3 is 11.4 Å². The van der Waals surface area contributed by atoms with E-state index in [0.717, 1.165) is 19.3 Å². The van der Waals surface area contributed by atoms with E-state index < -0.39 is 30.3 Å². The van der Waals surface area contributed by atoms with Crippen molar-refractivity contribution >= 4 is 129 Å². The summed E-state index contributed by atoms with van der Waals surface area (Å²) in [4.78, 5) is 63.1. The first kappa shape index (κ1) is 55.2. The molecule has 0 radical (unpaired) electrons. The molecular formula is C42H39Cl4N9O16S. The number of carbonyl (C=O) groups excluding carboxylic acids is 4. The van der Waals surface area contributed by atoms with Crippen LogP contribution in [0.25, 0.3) is 0 Å². The molecule has 0 bridgehead atoms. The Bertz CT molecular complexity index is 3030. The molecule has 0 unspecified atom stereocenters. The van der Waals surface area contributed by atoms with Gasteiger partial charge in [-0.15, -0.1) is 0 Å². The molecule has 0 aromatic heterocycles. The van der Waals surface area contributed by atoms with E-state index in [-0.39, 0.29) is 93.6 Å². The number of anilines is 7. The van der Waals surface area contributed by atoms with Crippen LogP contribution in [0.3, 0.4) is 0 Å². The number of phenols is 1. The van der Waals surface area contributed by atoms with Crippen molar-refractivity contribution in [2.75, 3.05) is 78.1 Å². The molecule has 1 saturated heterocycles. The average molecular weight is 1100 g/mol. The van der Waals surface area contributed by atoms with E-state index in [2.05, 4.69) is 21.3 Å². The van der Waals surface area contributed by atoms with Crippen molar-refractivity contribution in [2.24, 2.45) is 0 Å². The highest BCUT2D eigenvalue weighted by molar-refractivity contribution is 8.13. The molecule has 5 aromatic carbocycles. The molecule has 382 valence electrons. The molecule has 4 amide bonds. The van der Waals surface area contributed by atoms with E-state index in [1.807, 2.05) is 0 Å². The van der Waals surface area contributed by atoms with Crippen molar-refractivity contribution in [3.05, 3.63) is 108 Å². The van der Waals surface area contributed by atoms with Gasteiger partial charge in [0.2, 0.25) is 11.5 Å². The molecule has 0 saturated carbocycles. The van der Waals surface area contributed by atoms with Crippen LogP contribution in [-0.4, -0.2) is 86.6 Å². The number of phenolic OH excluding ortho intramolecular Hbond substituents is 1. The number of nitrogens with zero attached hydrogens (tertiary/aromatic N) is 2. The second kappa shape index (κ2) is 24.9. The first-order valence-electron chi connectivity index (χ1n) is 20.3. The van der Waals surface area contributed by atoms with Gasteiger partial charge in [0.1, 0.15) is 4.90 Å². The predicted molar refractivity (Wildman–Crippen MR) is 265 cm³/mol. The summed E-state index contributed by atoms with van der Waals surface area (Å²) >= 11 is 16.9. The number of ether oxygens (including phenoxy) is 5. The standard InChI is InChI=1S/C8H5ClN2O4.C8H7ClN2O2.C8H6ClNO4S.C8H8N2O2.C6H5ClN2O3.C4H8O/c9-4-1-5-8(6(2-4)11(13)14)15-3-7(12)10-5;9-4-1-5(10)8-6(2-4)11-7(12)3-13-8;9-15(12,13)6-3-1-2-5-8(6)14-4-7(11)10-5;9-5-2-1-3-6-8(5)12-4-7(11)10-6;7-3-1-4(8)6(10)5(2-3)9(11)12;1-2-4-5-3-1/h1-2H,3H2,(H,10,12);1-2H,3,10H2,(H,11,12);1-3H,4H2,(H,10,11);1-3H,4,9H2,(H,10,11);1-2,10H,8H2;1-4H2. The third kappa shape index (κ3) is 15.4. The van der Waals surface area contributed by atoms with Crippen molar-refractivity contribution in [2.45, 2.75) is 17.7 Å². The third-order valence-corrected chi connectivity index (χ3v) is 11.2. The number of nitrogens with one attached hydrogen (secondary N) is 4. The highest BCUT2D eigenvalue weighted by Gasteiger charge is 2.27. The summed E-state index contributed by atoms with van der Waals surface area (Å²) in [6, 6.07) is 17.6. The number of carbonyl (C=O) groups is 4.